The molecule has 0 unspecified atom stereocenters. The van der Waals surface area contributed by atoms with E-state index in [1.54, 1.807) is 19.0 Å². The molecule has 8 heteroatoms. The average Bonchev–Trinajstić information content (AvgIpc) is 2.15. The van der Waals surface area contributed by atoms with Crippen molar-refractivity contribution in [1.82, 2.24) is 9.97 Å². The summed E-state index contributed by atoms with van der Waals surface area (Å²) >= 11 is 0. The standard InChI is InChI=1S/C7H11N5O3/c1-8-5-4(12(14)15)6(13)10-7(9-5)11(2)3/h1-3H3,(H2,8,9,10,13). The summed E-state index contributed by atoms with van der Waals surface area (Å²) in [7, 11) is 4.81. The minimum absolute atomic E-state index is 0.0487. The Balaban J connectivity index is 3.44. The Hall–Kier alpha value is -2.12. The predicted molar refractivity (Wildman–Crippen MR) is 55.4 cm³/mol. The molecule has 1 aromatic heterocycles. The summed E-state index contributed by atoms with van der Waals surface area (Å²) in [5.41, 5.74) is -1.36. The number of nitrogens with zero attached hydrogens (tertiary/aromatic N) is 3. The van der Waals surface area contributed by atoms with Crippen molar-refractivity contribution >= 4 is 17.5 Å². The number of aromatic nitrogens is 2. The molecular weight excluding hydrogens is 202 g/mol. The monoisotopic (exact) mass is 213 g/mol. The number of hydrogen-bond donors (Lipinski definition) is 2. The summed E-state index contributed by atoms with van der Waals surface area (Å²) in [6, 6.07) is 0. The molecule has 15 heavy (non-hydrogen) atoms. The minimum Gasteiger partial charge on any atom is -0.367 e. The highest BCUT2D eigenvalue weighted by atomic mass is 16.6. The quantitative estimate of drug-likeness (QED) is 0.531. The average molecular weight is 213 g/mol. The van der Waals surface area contributed by atoms with Gasteiger partial charge in [0.25, 0.3) is 0 Å². The molecule has 1 aromatic rings. The molecule has 0 spiro atoms. The second kappa shape index (κ2) is 3.95. The molecule has 0 saturated carbocycles. The molecule has 1 rings (SSSR count). The Labute approximate surface area is 85.1 Å². The van der Waals surface area contributed by atoms with Crippen molar-refractivity contribution in [1.29, 1.82) is 0 Å². The molecule has 0 aliphatic carbocycles. The number of nitrogens with one attached hydrogen (secondary N) is 2. The lowest BCUT2D eigenvalue weighted by Gasteiger charge is -2.11. The van der Waals surface area contributed by atoms with Gasteiger partial charge in [-0.3, -0.25) is 19.9 Å². The highest BCUT2D eigenvalue weighted by Crippen LogP contribution is 2.17. The fourth-order valence-electron chi connectivity index (χ4n) is 1.01. The van der Waals surface area contributed by atoms with Crippen molar-refractivity contribution in [3.05, 3.63) is 20.5 Å². The van der Waals surface area contributed by atoms with Crippen LogP contribution in [-0.2, 0) is 0 Å². The van der Waals surface area contributed by atoms with Crippen LogP contribution in [0.15, 0.2) is 4.79 Å². The third-order valence-corrected chi connectivity index (χ3v) is 1.73. The first-order valence-electron chi connectivity index (χ1n) is 4.11. The number of hydrogen-bond acceptors (Lipinski definition) is 6. The minimum atomic E-state index is -0.775. The van der Waals surface area contributed by atoms with Gasteiger partial charge in [-0.05, 0) is 0 Å². The third kappa shape index (κ3) is 2.03. The summed E-state index contributed by atoms with van der Waals surface area (Å²) < 4.78 is 0. The fraction of sp³-hybridized carbons (Fsp3) is 0.429. The number of nitro groups is 1. The van der Waals surface area contributed by atoms with E-state index in [9.17, 15) is 14.9 Å². The normalized spacial score (nSPS) is 9.80. The van der Waals surface area contributed by atoms with Gasteiger partial charge in [0.2, 0.25) is 11.8 Å². The van der Waals surface area contributed by atoms with Crippen molar-refractivity contribution < 1.29 is 4.92 Å². The smallest absolute Gasteiger partial charge is 0.367 e. The van der Waals surface area contributed by atoms with Crippen LogP contribution < -0.4 is 15.8 Å². The zero-order valence-corrected chi connectivity index (χ0v) is 8.57. The maximum Gasteiger partial charge on any atom is 0.375 e. The molecule has 0 amide bonds. The molecule has 0 aliphatic rings. The summed E-state index contributed by atoms with van der Waals surface area (Å²) in [6.07, 6.45) is 0. The molecule has 8 nitrogen and oxygen atoms in total. The van der Waals surface area contributed by atoms with E-state index in [-0.39, 0.29) is 11.8 Å². The van der Waals surface area contributed by atoms with Gasteiger partial charge in [0.1, 0.15) is 0 Å². The Morgan fingerprint density at radius 2 is 2.13 bits per heavy atom. The van der Waals surface area contributed by atoms with Gasteiger partial charge in [-0.15, -0.1) is 0 Å². The molecular formula is C7H11N5O3. The molecule has 0 saturated heterocycles. The zero-order valence-electron chi connectivity index (χ0n) is 8.57. The summed E-state index contributed by atoms with van der Waals surface area (Å²) in [5.74, 6) is 0.211. The van der Waals surface area contributed by atoms with Gasteiger partial charge in [0.15, 0.2) is 0 Å². The van der Waals surface area contributed by atoms with Crippen molar-refractivity contribution in [3.63, 3.8) is 0 Å². The van der Waals surface area contributed by atoms with E-state index in [0.29, 0.717) is 0 Å². The first-order chi connectivity index (χ1) is 6.97. The summed E-state index contributed by atoms with van der Waals surface area (Å²) in [4.78, 5) is 28.9. The molecule has 82 valence electrons. The third-order valence-electron chi connectivity index (χ3n) is 1.73. The SMILES string of the molecule is CNc1nc(N(C)C)[nH]c(=O)c1[N+](=O)[O-]. The first-order valence-corrected chi connectivity index (χ1v) is 4.11. The van der Waals surface area contributed by atoms with E-state index in [2.05, 4.69) is 15.3 Å². The predicted octanol–water partition coefficient (Wildman–Crippen LogP) is -0.214. The number of rotatable bonds is 3. The van der Waals surface area contributed by atoms with Crippen LogP contribution in [0.4, 0.5) is 17.5 Å². The zero-order chi connectivity index (χ0) is 11.6. The lowest BCUT2D eigenvalue weighted by atomic mass is 10.4. The highest BCUT2D eigenvalue weighted by molar-refractivity contribution is 5.56. The van der Waals surface area contributed by atoms with Gasteiger partial charge in [0, 0.05) is 21.1 Å². The molecule has 2 N–H and O–H groups in total. The lowest BCUT2D eigenvalue weighted by molar-refractivity contribution is -0.385. The van der Waals surface area contributed by atoms with E-state index < -0.39 is 16.2 Å². The van der Waals surface area contributed by atoms with Crippen LogP contribution in [0.2, 0.25) is 0 Å². The molecule has 0 atom stereocenters. The highest BCUT2D eigenvalue weighted by Gasteiger charge is 2.21. The maximum atomic E-state index is 11.4. The van der Waals surface area contributed by atoms with Crippen LogP contribution in [0, 0.1) is 10.1 Å². The van der Waals surface area contributed by atoms with Crippen LogP contribution in [0.25, 0.3) is 0 Å². The van der Waals surface area contributed by atoms with Gasteiger partial charge in [0.05, 0.1) is 4.92 Å². The van der Waals surface area contributed by atoms with Gasteiger partial charge < -0.3 is 10.2 Å². The number of H-pyrrole nitrogens is 1. The topological polar surface area (TPSA) is 104 Å². The summed E-state index contributed by atoms with van der Waals surface area (Å²) in [6.45, 7) is 0. The second-order valence-corrected chi connectivity index (χ2v) is 2.99. The Kier molecular flexibility index (Phi) is 2.88. The number of aromatic amines is 1. The van der Waals surface area contributed by atoms with Gasteiger partial charge in [-0.2, -0.15) is 4.98 Å². The van der Waals surface area contributed by atoms with Gasteiger partial charge in [-0.1, -0.05) is 0 Å². The van der Waals surface area contributed by atoms with Gasteiger partial charge >= 0.3 is 11.2 Å². The van der Waals surface area contributed by atoms with E-state index in [1.165, 1.54) is 7.05 Å². The van der Waals surface area contributed by atoms with E-state index in [0.717, 1.165) is 0 Å². The molecule has 0 radical (unpaired) electrons. The maximum absolute atomic E-state index is 11.4. The van der Waals surface area contributed by atoms with Gasteiger partial charge in [-0.25, -0.2) is 0 Å². The molecule has 0 aliphatic heterocycles. The van der Waals surface area contributed by atoms with Crippen molar-refractivity contribution in [2.45, 2.75) is 0 Å². The van der Waals surface area contributed by atoms with Crippen LogP contribution in [0.3, 0.4) is 0 Å². The largest absolute Gasteiger partial charge is 0.375 e. The Morgan fingerprint density at radius 3 is 2.53 bits per heavy atom. The fourth-order valence-corrected chi connectivity index (χ4v) is 1.01. The first kappa shape index (κ1) is 11.0. The second-order valence-electron chi connectivity index (χ2n) is 2.99. The van der Waals surface area contributed by atoms with Crippen LogP contribution >= 0.6 is 0 Å². The van der Waals surface area contributed by atoms with E-state index in [1.807, 2.05) is 0 Å². The molecule has 0 fully saturated rings. The van der Waals surface area contributed by atoms with E-state index in [4.69, 9.17) is 0 Å². The number of anilines is 2. The van der Waals surface area contributed by atoms with Crippen LogP contribution in [0.5, 0.6) is 0 Å². The van der Waals surface area contributed by atoms with Crippen molar-refractivity contribution in [2.75, 3.05) is 31.4 Å². The van der Waals surface area contributed by atoms with E-state index >= 15 is 0 Å². The van der Waals surface area contributed by atoms with Crippen LogP contribution in [0.1, 0.15) is 0 Å². The molecule has 0 aromatic carbocycles. The Bertz CT molecular complexity index is 439. The molecule has 1 heterocycles. The summed E-state index contributed by atoms with van der Waals surface area (Å²) in [5, 5.41) is 13.1. The van der Waals surface area contributed by atoms with Crippen molar-refractivity contribution in [3.8, 4) is 0 Å². The van der Waals surface area contributed by atoms with Crippen LogP contribution in [-0.4, -0.2) is 36.0 Å². The van der Waals surface area contributed by atoms with Crippen molar-refractivity contribution in [2.24, 2.45) is 0 Å². The molecule has 0 bridgehead atoms. The Morgan fingerprint density at radius 1 is 1.53 bits per heavy atom. The lowest BCUT2D eigenvalue weighted by Crippen LogP contribution is -2.22.